The fourth-order valence-electron chi connectivity index (χ4n) is 1.91. The maximum absolute atomic E-state index is 13.8. The van der Waals surface area contributed by atoms with Crippen molar-refractivity contribution in [3.05, 3.63) is 58.6 Å². The molecule has 0 saturated heterocycles. The van der Waals surface area contributed by atoms with Gasteiger partial charge in [0.15, 0.2) is 0 Å². The van der Waals surface area contributed by atoms with Crippen molar-refractivity contribution in [3.8, 4) is 11.1 Å². The number of rotatable bonds is 4. The molecule has 1 N–H and O–H groups in total. The molecule has 0 saturated carbocycles. The number of nitrogens with one attached hydrogen (secondary N) is 1. The van der Waals surface area contributed by atoms with E-state index in [1.165, 1.54) is 24.3 Å². The first-order chi connectivity index (χ1) is 9.47. The molecule has 0 heterocycles. The topological polar surface area (TPSA) is 12.0 Å². The normalized spacial score (nSPS) is 11.1. The maximum atomic E-state index is 13.8. The third kappa shape index (κ3) is 3.56. The first-order valence-electron chi connectivity index (χ1n) is 6.44. The Labute approximate surface area is 122 Å². The van der Waals surface area contributed by atoms with E-state index in [4.69, 9.17) is 11.6 Å². The quantitative estimate of drug-likeness (QED) is 0.855. The van der Waals surface area contributed by atoms with Gasteiger partial charge in [0, 0.05) is 28.7 Å². The summed E-state index contributed by atoms with van der Waals surface area (Å²) in [7, 11) is 0. The molecule has 2 aromatic rings. The number of hydrogen-bond donors (Lipinski definition) is 1. The molecular weight excluding hydrogens is 280 g/mol. The molecule has 2 rings (SSSR count). The Bertz CT molecular complexity index is 611. The lowest BCUT2D eigenvalue weighted by Crippen LogP contribution is -2.22. The third-order valence-corrected chi connectivity index (χ3v) is 3.32. The van der Waals surface area contributed by atoms with Crippen LogP contribution in [0.4, 0.5) is 8.78 Å². The van der Waals surface area contributed by atoms with Gasteiger partial charge in [0.25, 0.3) is 0 Å². The number of hydrogen-bond acceptors (Lipinski definition) is 1. The molecule has 0 bridgehead atoms. The molecule has 0 atom stereocenters. The Morgan fingerprint density at radius 1 is 1.10 bits per heavy atom. The van der Waals surface area contributed by atoms with Crippen molar-refractivity contribution in [1.82, 2.24) is 5.32 Å². The van der Waals surface area contributed by atoms with Crippen LogP contribution in [0.1, 0.15) is 19.4 Å². The van der Waals surface area contributed by atoms with Crippen molar-refractivity contribution in [2.45, 2.75) is 26.4 Å². The Hall–Kier alpha value is -1.45. The second kappa shape index (κ2) is 6.33. The molecule has 0 aliphatic rings. The SMILES string of the molecule is CC(C)NCc1cc(-c2cc(F)ccc2Cl)ccc1F. The van der Waals surface area contributed by atoms with Crippen LogP contribution in [0.25, 0.3) is 11.1 Å². The minimum atomic E-state index is -0.365. The second-order valence-corrected chi connectivity index (χ2v) is 5.37. The molecule has 0 amide bonds. The van der Waals surface area contributed by atoms with Gasteiger partial charge in [0.2, 0.25) is 0 Å². The van der Waals surface area contributed by atoms with E-state index in [-0.39, 0.29) is 17.7 Å². The van der Waals surface area contributed by atoms with Crippen molar-refractivity contribution < 1.29 is 8.78 Å². The van der Waals surface area contributed by atoms with E-state index in [0.717, 1.165) is 0 Å². The maximum Gasteiger partial charge on any atom is 0.127 e. The summed E-state index contributed by atoms with van der Waals surface area (Å²) in [6.45, 7) is 4.40. The average molecular weight is 296 g/mol. The summed E-state index contributed by atoms with van der Waals surface area (Å²) < 4.78 is 27.1. The monoisotopic (exact) mass is 295 g/mol. The van der Waals surface area contributed by atoms with Crippen LogP contribution in [0.5, 0.6) is 0 Å². The van der Waals surface area contributed by atoms with Crippen molar-refractivity contribution >= 4 is 11.6 Å². The third-order valence-electron chi connectivity index (χ3n) is 2.99. The van der Waals surface area contributed by atoms with Crippen LogP contribution in [0.15, 0.2) is 36.4 Å². The first-order valence-corrected chi connectivity index (χ1v) is 6.82. The predicted molar refractivity (Wildman–Crippen MR) is 78.8 cm³/mol. The molecule has 4 heteroatoms. The number of benzene rings is 2. The second-order valence-electron chi connectivity index (χ2n) is 4.97. The van der Waals surface area contributed by atoms with E-state index in [1.54, 1.807) is 12.1 Å². The van der Waals surface area contributed by atoms with Gasteiger partial charge >= 0.3 is 0 Å². The molecule has 0 unspecified atom stereocenters. The summed E-state index contributed by atoms with van der Waals surface area (Å²) in [6.07, 6.45) is 0. The Kier molecular flexibility index (Phi) is 4.73. The number of halogens is 3. The van der Waals surface area contributed by atoms with Gasteiger partial charge in [-0.2, -0.15) is 0 Å². The van der Waals surface area contributed by atoms with E-state index >= 15 is 0 Å². The minimum Gasteiger partial charge on any atom is -0.310 e. The molecule has 2 aromatic carbocycles. The zero-order valence-corrected chi connectivity index (χ0v) is 12.1. The van der Waals surface area contributed by atoms with Gasteiger partial charge in [-0.25, -0.2) is 8.78 Å². The summed E-state index contributed by atoms with van der Waals surface area (Å²) in [5.41, 5.74) is 1.81. The van der Waals surface area contributed by atoms with Crippen LogP contribution < -0.4 is 5.32 Å². The van der Waals surface area contributed by atoms with Crippen molar-refractivity contribution in [1.29, 1.82) is 0 Å². The standard InChI is InChI=1S/C16H16ClF2N/c1-10(2)20-9-12-7-11(3-6-16(12)19)14-8-13(18)4-5-15(14)17/h3-8,10,20H,9H2,1-2H3. The molecule has 0 aliphatic heterocycles. The fourth-order valence-corrected chi connectivity index (χ4v) is 2.14. The highest BCUT2D eigenvalue weighted by molar-refractivity contribution is 6.33. The highest BCUT2D eigenvalue weighted by atomic mass is 35.5. The summed E-state index contributed by atoms with van der Waals surface area (Å²) in [5, 5.41) is 3.61. The van der Waals surface area contributed by atoms with Crippen LogP contribution in [0, 0.1) is 11.6 Å². The van der Waals surface area contributed by atoms with Crippen LogP contribution in [-0.2, 0) is 6.54 Å². The molecule has 0 fully saturated rings. The Balaban J connectivity index is 2.37. The van der Waals surface area contributed by atoms with Crippen molar-refractivity contribution in [2.24, 2.45) is 0 Å². The van der Waals surface area contributed by atoms with E-state index in [1.807, 2.05) is 13.8 Å². The van der Waals surface area contributed by atoms with Gasteiger partial charge in [-0.05, 0) is 35.9 Å². The lowest BCUT2D eigenvalue weighted by atomic mass is 10.0. The molecule has 0 aromatic heterocycles. The largest absolute Gasteiger partial charge is 0.310 e. The summed E-state index contributed by atoms with van der Waals surface area (Å²) >= 11 is 6.07. The van der Waals surface area contributed by atoms with Gasteiger partial charge in [-0.1, -0.05) is 31.5 Å². The Morgan fingerprint density at radius 2 is 1.85 bits per heavy atom. The molecular formula is C16H16ClF2N. The smallest absolute Gasteiger partial charge is 0.127 e. The zero-order valence-electron chi connectivity index (χ0n) is 11.4. The summed E-state index contributed by atoms with van der Waals surface area (Å²) in [4.78, 5) is 0. The highest BCUT2D eigenvalue weighted by Gasteiger charge is 2.09. The predicted octanol–water partition coefficient (Wildman–Crippen LogP) is 4.78. The zero-order chi connectivity index (χ0) is 14.7. The molecule has 20 heavy (non-hydrogen) atoms. The first kappa shape index (κ1) is 14.9. The van der Waals surface area contributed by atoms with Gasteiger partial charge in [0.1, 0.15) is 11.6 Å². The summed E-state index contributed by atoms with van der Waals surface area (Å²) in [6, 6.07) is 9.11. The Morgan fingerprint density at radius 3 is 2.55 bits per heavy atom. The van der Waals surface area contributed by atoms with Crippen LogP contribution >= 0.6 is 11.6 Å². The lowest BCUT2D eigenvalue weighted by molar-refractivity contribution is 0.553. The van der Waals surface area contributed by atoms with E-state index in [9.17, 15) is 8.78 Å². The van der Waals surface area contributed by atoms with Crippen LogP contribution in [-0.4, -0.2) is 6.04 Å². The van der Waals surface area contributed by atoms with Gasteiger partial charge < -0.3 is 5.32 Å². The molecule has 0 radical (unpaired) electrons. The summed E-state index contributed by atoms with van der Waals surface area (Å²) in [5.74, 6) is -0.648. The molecule has 0 spiro atoms. The van der Waals surface area contributed by atoms with Gasteiger partial charge in [-0.3, -0.25) is 0 Å². The van der Waals surface area contributed by atoms with E-state index in [0.29, 0.717) is 28.3 Å². The van der Waals surface area contributed by atoms with Gasteiger partial charge in [-0.15, -0.1) is 0 Å². The minimum absolute atomic E-state index is 0.260. The fraction of sp³-hybridized carbons (Fsp3) is 0.250. The molecule has 1 nitrogen and oxygen atoms in total. The van der Waals surface area contributed by atoms with Crippen molar-refractivity contribution in [2.75, 3.05) is 0 Å². The highest BCUT2D eigenvalue weighted by Crippen LogP contribution is 2.29. The van der Waals surface area contributed by atoms with Gasteiger partial charge in [0.05, 0.1) is 0 Å². The van der Waals surface area contributed by atoms with Crippen molar-refractivity contribution in [3.63, 3.8) is 0 Å². The van der Waals surface area contributed by atoms with Crippen LogP contribution in [0.3, 0.4) is 0 Å². The average Bonchev–Trinajstić information content (AvgIpc) is 2.40. The molecule has 0 aliphatic carbocycles. The lowest BCUT2D eigenvalue weighted by Gasteiger charge is -2.11. The molecule has 106 valence electrons. The van der Waals surface area contributed by atoms with E-state index in [2.05, 4.69) is 5.32 Å². The van der Waals surface area contributed by atoms with E-state index < -0.39 is 0 Å². The van der Waals surface area contributed by atoms with Crippen LogP contribution in [0.2, 0.25) is 5.02 Å².